The third-order valence-electron chi connectivity index (χ3n) is 7.62. The van der Waals surface area contributed by atoms with Gasteiger partial charge in [0.25, 0.3) is 5.56 Å². The smallest absolute Gasteiger partial charge is 0.338 e. The predicted octanol–water partition coefficient (Wildman–Crippen LogP) is 6.19. The molecule has 6 rings (SSSR count). The van der Waals surface area contributed by atoms with Gasteiger partial charge in [-0.25, -0.2) is 9.79 Å². The predicted molar refractivity (Wildman–Crippen MR) is 183 cm³/mol. The number of thiazole rings is 1. The van der Waals surface area contributed by atoms with Crippen molar-refractivity contribution < 1.29 is 23.7 Å². The highest BCUT2D eigenvalue weighted by Gasteiger charge is 2.35. The number of nitrogens with zero attached hydrogens (tertiary/aromatic N) is 2. The van der Waals surface area contributed by atoms with E-state index in [0.29, 0.717) is 48.4 Å². The van der Waals surface area contributed by atoms with Crippen LogP contribution in [0.2, 0.25) is 5.02 Å². The molecule has 1 aromatic heterocycles. The molecular formula is C37H31ClN2O6S. The lowest BCUT2D eigenvalue weighted by Gasteiger charge is -2.26. The van der Waals surface area contributed by atoms with Gasteiger partial charge < -0.3 is 18.9 Å². The highest BCUT2D eigenvalue weighted by Crippen LogP contribution is 2.36. The Bertz CT molecular complexity index is 2120. The molecule has 0 amide bonds. The Morgan fingerprint density at radius 2 is 1.68 bits per heavy atom. The van der Waals surface area contributed by atoms with Crippen LogP contribution in [0.3, 0.4) is 0 Å². The van der Waals surface area contributed by atoms with Crippen molar-refractivity contribution >= 4 is 40.7 Å². The number of hydrogen-bond acceptors (Lipinski definition) is 8. The van der Waals surface area contributed by atoms with Crippen LogP contribution in [0.4, 0.5) is 0 Å². The Morgan fingerprint density at radius 1 is 0.936 bits per heavy atom. The number of halogens is 1. The molecule has 5 aromatic rings. The van der Waals surface area contributed by atoms with E-state index in [0.717, 1.165) is 11.1 Å². The number of para-hydroxylation sites is 1. The van der Waals surface area contributed by atoms with Gasteiger partial charge in [-0.1, -0.05) is 89.7 Å². The molecule has 0 N–H and O–H groups in total. The summed E-state index contributed by atoms with van der Waals surface area (Å²) in [6.07, 6.45) is 1.77. The molecule has 0 fully saturated rings. The summed E-state index contributed by atoms with van der Waals surface area (Å²) in [5, 5.41) is 0.636. The van der Waals surface area contributed by atoms with Gasteiger partial charge in [0.2, 0.25) is 0 Å². The molecule has 0 aliphatic carbocycles. The number of benzene rings is 4. The first-order valence-corrected chi connectivity index (χ1v) is 16.1. The van der Waals surface area contributed by atoms with Crippen molar-refractivity contribution in [1.29, 1.82) is 0 Å². The summed E-state index contributed by atoms with van der Waals surface area (Å²) in [4.78, 5) is 33.4. The van der Waals surface area contributed by atoms with Crippen LogP contribution in [-0.2, 0) is 16.1 Å². The Kier molecular flexibility index (Phi) is 9.56. The summed E-state index contributed by atoms with van der Waals surface area (Å²) in [5.74, 6) is 1.11. The minimum Gasteiger partial charge on any atom is -0.497 e. The van der Waals surface area contributed by atoms with Crippen molar-refractivity contribution in [1.82, 2.24) is 4.57 Å². The van der Waals surface area contributed by atoms with E-state index in [1.807, 2.05) is 66.7 Å². The Balaban J connectivity index is 1.54. The van der Waals surface area contributed by atoms with Crippen molar-refractivity contribution in [2.75, 3.05) is 20.8 Å². The Hall–Kier alpha value is -5.12. The standard InChI is InChI=1S/C37H31ClN2O6S/c1-4-45-36(42)31-32(24-9-6-5-7-10-24)39-37-40(33(31)25-15-19-28(43-2)20-16-25)35(41)30(47-37)21-26-11-8-12-29(44-3)34(26)46-22-23-13-17-27(38)18-14-23/h5-21,33H,4,22H2,1-3H3/b30-21-/t33-/m1/s1. The maximum absolute atomic E-state index is 14.4. The van der Waals surface area contributed by atoms with E-state index in [-0.39, 0.29) is 24.3 Å². The highest BCUT2D eigenvalue weighted by molar-refractivity contribution is 7.07. The van der Waals surface area contributed by atoms with Gasteiger partial charge >= 0.3 is 5.97 Å². The molecule has 10 heteroatoms. The Morgan fingerprint density at radius 3 is 2.36 bits per heavy atom. The van der Waals surface area contributed by atoms with Gasteiger partial charge in [-0.15, -0.1) is 0 Å². The summed E-state index contributed by atoms with van der Waals surface area (Å²) >= 11 is 7.29. The third kappa shape index (κ3) is 6.58. The van der Waals surface area contributed by atoms with Crippen LogP contribution in [0.1, 0.15) is 35.2 Å². The van der Waals surface area contributed by atoms with Crippen molar-refractivity contribution in [2.24, 2.45) is 4.99 Å². The average molecular weight is 667 g/mol. The van der Waals surface area contributed by atoms with E-state index in [1.54, 1.807) is 62.1 Å². The summed E-state index contributed by atoms with van der Waals surface area (Å²) < 4.78 is 24.8. The maximum Gasteiger partial charge on any atom is 0.338 e. The quantitative estimate of drug-likeness (QED) is 0.165. The van der Waals surface area contributed by atoms with E-state index in [4.69, 9.17) is 35.5 Å². The summed E-state index contributed by atoms with van der Waals surface area (Å²) in [6, 6.07) is 28.8. The van der Waals surface area contributed by atoms with E-state index < -0.39 is 12.0 Å². The zero-order chi connectivity index (χ0) is 32.9. The molecule has 4 aromatic carbocycles. The van der Waals surface area contributed by atoms with Gasteiger partial charge in [-0.2, -0.15) is 0 Å². The molecule has 1 atom stereocenters. The number of esters is 1. The number of hydrogen-bond donors (Lipinski definition) is 0. The molecule has 0 radical (unpaired) electrons. The second-order valence-electron chi connectivity index (χ2n) is 10.5. The van der Waals surface area contributed by atoms with Crippen LogP contribution < -0.4 is 29.1 Å². The molecular weight excluding hydrogens is 636 g/mol. The van der Waals surface area contributed by atoms with Crippen molar-refractivity contribution in [2.45, 2.75) is 19.6 Å². The van der Waals surface area contributed by atoms with Crippen LogP contribution in [0.25, 0.3) is 11.8 Å². The molecule has 2 heterocycles. The van der Waals surface area contributed by atoms with Crippen LogP contribution >= 0.6 is 22.9 Å². The van der Waals surface area contributed by atoms with Gasteiger partial charge in [0.1, 0.15) is 12.4 Å². The fourth-order valence-corrected chi connectivity index (χ4v) is 6.50. The van der Waals surface area contributed by atoms with E-state index in [2.05, 4.69) is 0 Å². The van der Waals surface area contributed by atoms with Crippen molar-refractivity contribution in [3.8, 4) is 17.2 Å². The van der Waals surface area contributed by atoms with Crippen LogP contribution in [0.5, 0.6) is 17.2 Å². The molecule has 0 unspecified atom stereocenters. The van der Waals surface area contributed by atoms with Gasteiger partial charge in [-0.3, -0.25) is 9.36 Å². The summed E-state index contributed by atoms with van der Waals surface area (Å²) in [5.41, 5.74) is 3.43. The fourth-order valence-electron chi connectivity index (χ4n) is 5.38. The lowest BCUT2D eigenvalue weighted by atomic mass is 9.93. The molecule has 47 heavy (non-hydrogen) atoms. The second-order valence-corrected chi connectivity index (χ2v) is 11.9. The third-order valence-corrected chi connectivity index (χ3v) is 8.85. The Labute approximate surface area is 280 Å². The van der Waals surface area contributed by atoms with Gasteiger partial charge in [0, 0.05) is 16.1 Å². The minimum absolute atomic E-state index is 0.165. The van der Waals surface area contributed by atoms with Gasteiger partial charge in [-0.05, 0) is 54.5 Å². The number of fused-ring (bicyclic) bond motifs is 1. The lowest BCUT2D eigenvalue weighted by molar-refractivity contribution is -0.138. The maximum atomic E-state index is 14.4. The van der Waals surface area contributed by atoms with E-state index in [1.165, 1.54) is 11.3 Å². The highest BCUT2D eigenvalue weighted by atomic mass is 35.5. The zero-order valence-electron chi connectivity index (χ0n) is 25.9. The number of methoxy groups -OCH3 is 2. The second kappa shape index (κ2) is 14.1. The monoisotopic (exact) mass is 666 g/mol. The molecule has 0 bridgehead atoms. The van der Waals surface area contributed by atoms with E-state index >= 15 is 0 Å². The number of ether oxygens (including phenoxy) is 4. The first kappa shape index (κ1) is 31.8. The fraction of sp³-hybridized carbons (Fsp3) is 0.162. The topological polar surface area (TPSA) is 88.4 Å². The molecule has 8 nitrogen and oxygen atoms in total. The first-order valence-electron chi connectivity index (χ1n) is 14.9. The average Bonchev–Trinajstić information content (AvgIpc) is 3.41. The molecule has 1 aliphatic heterocycles. The molecule has 238 valence electrons. The van der Waals surface area contributed by atoms with Crippen molar-refractivity contribution in [3.05, 3.63) is 150 Å². The summed E-state index contributed by atoms with van der Waals surface area (Å²) in [7, 11) is 3.15. The van der Waals surface area contributed by atoms with Crippen molar-refractivity contribution in [3.63, 3.8) is 0 Å². The number of rotatable bonds is 10. The largest absolute Gasteiger partial charge is 0.497 e. The van der Waals surface area contributed by atoms with E-state index in [9.17, 15) is 9.59 Å². The van der Waals surface area contributed by atoms with Crippen LogP contribution in [0.15, 0.2) is 112 Å². The van der Waals surface area contributed by atoms with Gasteiger partial charge in [0.05, 0.1) is 42.7 Å². The SMILES string of the molecule is CCOC(=O)C1=C(c2ccccc2)N=c2s/c(=C\c3cccc(OC)c3OCc3ccc(Cl)cc3)c(=O)n2[C@@H]1c1ccc(OC)cc1. The molecule has 0 spiro atoms. The number of aromatic nitrogens is 1. The molecule has 0 saturated carbocycles. The van der Waals surface area contributed by atoms with Crippen LogP contribution in [-0.4, -0.2) is 31.4 Å². The molecule has 1 aliphatic rings. The minimum atomic E-state index is -0.806. The lowest BCUT2D eigenvalue weighted by Crippen LogP contribution is -2.40. The number of carbonyl (C=O) groups is 1. The first-order chi connectivity index (χ1) is 22.9. The van der Waals surface area contributed by atoms with Gasteiger partial charge in [0.15, 0.2) is 16.3 Å². The zero-order valence-corrected chi connectivity index (χ0v) is 27.5. The number of carbonyl (C=O) groups excluding carboxylic acids is 1. The normalized spacial score (nSPS) is 14.3. The van der Waals surface area contributed by atoms with Crippen LogP contribution in [0, 0.1) is 0 Å². The molecule has 0 saturated heterocycles. The summed E-state index contributed by atoms with van der Waals surface area (Å²) in [6.45, 7) is 2.18.